The number of amides is 1. The Labute approximate surface area is 180 Å². The highest BCUT2D eigenvalue weighted by Crippen LogP contribution is 2.26. The zero-order valence-electron chi connectivity index (χ0n) is 14.1. The van der Waals surface area contributed by atoms with Crippen molar-refractivity contribution in [2.45, 2.75) is 4.90 Å². The Kier molecular flexibility index (Phi) is 6.30. The molecular weight excluding hydrogens is 487 g/mol. The molecule has 0 saturated heterocycles. The van der Waals surface area contributed by atoms with Crippen molar-refractivity contribution >= 4 is 66.4 Å². The molecule has 3 rings (SSSR count). The summed E-state index contributed by atoms with van der Waals surface area (Å²) in [6, 6.07) is 17.1. The van der Waals surface area contributed by atoms with E-state index in [0.717, 1.165) is 4.47 Å². The molecular formula is C19H13BrCl2N2O3S. The second-order valence-corrected chi connectivity index (χ2v) is 9.16. The Morgan fingerprint density at radius 2 is 1.64 bits per heavy atom. The van der Waals surface area contributed by atoms with Gasteiger partial charge in [-0.3, -0.25) is 9.52 Å². The van der Waals surface area contributed by atoms with Crippen molar-refractivity contribution in [1.29, 1.82) is 0 Å². The molecule has 0 atom stereocenters. The maximum Gasteiger partial charge on any atom is 0.261 e. The third-order valence-corrected chi connectivity index (χ3v) is 6.15. The van der Waals surface area contributed by atoms with Crippen LogP contribution >= 0.6 is 39.1 Å². The van der Waals surface area contributed by atoms with Gasteiger partial charge in [0.1, 0.15) is 0 Å². The van der Waals surface area contributed by atoms with Crippen molar-refractivity contribution in [2.75, 3.05) is 10.0 Å². The highest BCUT2D eigenvalue weighted by atomic mass is 79.9. The molecule has 0 bridgehead atoms. The summed E-state index contributed by atoms with van der Waals surface area (Å²) in [6.07, 6.45) is 0. The molecule has 144 valence electrons. The molecule has 3 aromatic carbocycles. The van der Waals surface area contributed by atoms with E-state index in [1.165, 1.54) is 24.3 Å². The molecule has 3 aromatic rings. The van der Waals surface area contributed by atoms with Gasteiger partial charge in [-0.15, -0.1) is 0 Å². The molecule has 0 heterocycles. The number of carbonyl (C=O) groups is 1. The Bertz CT molecular complexity index is 1140. The van der Waals surface area contributed by atoms with Crippen LogP contribution in [0.2, 0.25) is 10.0 Å². The third kappa shape index (κ3) is 5.05. The van der Waals surface area contributed by atoms with E-state index in [-0.39, 0.29) is 16.1 Å². The van der Waals surface area contributed by atoms with Gasteiger partial charge in [-0.25, -0.2) is 8.42 Å². The molecule has 0 spiro atoms. The lowest BCUT2D eigenvalue weighted by Crippen LogP contribution is -2.15. The highest BCUT2D eigenvalue weighted by molar-refractivity contribution is 9.10. The second-order valence-electron chi connectivity index (χ2n) is 5.72. The average Bonchev–Trinajstić information content (AvgIpc) is 2.64. The number of hydrogen-bond donors (Lipinski definition) is 2. The molecule has 0 saturated carbocycles. The van der Waals surface area contributed by atoms with E-state index in [4.69, 9.17) is 23.2 Å². The fraction of sp³-hybridized carbons (Fsp3) is 0. The first-order valence-corrected chi connectivity index (χ1v) is 10.9. The van der Waals surface area contributed by atoms with Gasteiger partial charge < -0.3 is 5.32 Å². The van der Waals surface area contributed by atoms with Crippen LogP contribution in [0.4, 0.5) is 11.4 Å². The number of hydrogen-bond acceptors (Lipinski definition) is 3. The van der Waals surface area contributed by atoms with Crippen LogP contribution < -0.4 is 10.0 Å². The lowest BCUT2D eigenvalue weighted by atomic mass is 10.2. The molecule has 0 aromatic heterocycles. The molecule has 28 heavy (non-hydrogen) atoms. The maximum absolute atomic E-state index is 12.5. The molecule has 0 aliphatic carbocycles. The number of carbonyl (C=O) groups excluding carboxylic acids is 1. The molecule has 2 N–H and O–H groups in total. The number of nitrogens with one attached hydrogen (secondary N) is 2. The Balaban J connectivity index is 1.79. The molecule has 0 fully saturated rings. The van der Waals surface area contributed by atoms with E-state index >= 15 is 0 Å². The van der Waals surface area contributed by atoms with Crippen molar-refractivity contribution in [3.8, 4) is 0 Å². The minimum absolute atomic E-state index is 0.110. The van der Waals surface area contributed by atoms with Gasteiger partial charge in [-0.2, -0.15) is 0 Å². The first kappa shape index (κ1) is 20.7. The summed E-state index contributed by atoms with van der Waals surface area (Å²) >= 11 is 15.2. The van der Waals surface area contributed by atoms with Crippen LogP contribution in [0.5, 0.6) is 0 Å². The van der Waals surface area contributed by atoms with E-state index in [0.29, 0.717) is 15.7 Å². The molecule has 5 nitrogen and oxygen atoms in total. The van der Waals surface area contributed by atoms with Crippen LogP contribution in [0.15, 0.2) is 76.1 Å². The zero-order valence-corrected chi connectivity index (χ0v) is 18.0. The number of anilines is 2. The smallest absolute Gasteiger partial charge is 0.261 e. The van der Waals surface area contributed by atoms with Crippen LogP contribution in [-0.2, 0) is 10.0 Å². The van der Waals surface area contributed by atoms with E-state index in [2.05, 4.69) is 26.0 Å². The van der Waals surface area contributed by atoms with Crippen LogP contribution in [0.1, 0.15) is 10.4 Å². The number of benzene rings is 3. The quantitative estimate of drug-likeness (QED) is 0.465. The third-order valence-electron chi connectivity index (χ3n) is 3.68. The summed E-state index contributed by atoms with van der Waals surface area (Å²) in [5.74, 6) is -0.436. The van der Waals surface area contributed by atoms with Crippen LogP contribution in [0, 0.1) is 0 Å². The Morgan fingerprint density at radius 1 is 0.929 bits per heavy atom. The van der Waals surface area contributed by atoms with Gasteiger partial charge in [0.05, 0.1) is 15.6 Å². The first-order chi connectivity index (χ1) is 13.2. The van der Waals surface area contributed by atoms with Gasteiger partial charge >= 0.3 is 0 Å². The van der Waals surface area contributed by atoms with Gasteiger partial charge in [0.15, 0.2) is 0 Å². The van der Waals surface area contributed by atoms with Crippen LogP contribution in [0.25, 0.3) is 0 Å². The Hall–Kier alpha value is -2.06. The van der Waals surface area contributed by atoms with E-state index in [9.17, 15) is 13.2 Å². The molecule has 9 heteroatoms. The summed E-state index contributed by atoms with van der Waals surface area (Å²) in [5, 5.41) is 3.42. The second kappa shape index (κ2) is 8.53. The average molecular weight is 500 g/mol. The van der Waals surface area contributed by atoms with Crippen molar-refractivity contribution in [3.63, 3.8) is 0 Å². The zero-order chi connectivity index (χ0) is 20.3. The maximum atomic E-state index is 12.5. The van der Waals surface area contributed by atoms with E-state index in [1.54, 1.807) is 42.5 Å². The van der Waals surface area contributed by atoms with Crippen LogP contribution in [0.3, 0.4) is 0 Å². The molecule has 0 unspecified atom stereocenters. The van der Waals surface area contributed by atoms with Gasteiger partial charge in [-0.05, 0) is 60.7 Å². The summed E-state index contributed by atoms with van der Waals surface area (Å²) in [6.45, 7) is 0. The minimum atomic E-state index is -3.78. The summed E-state index contributed by atoms with van der Waals surface area (Å²) in [7, 11) is -3.78. The lowest BCUT2D eigenvalue weighted by molar-refractivity contribution is 0.102. The molecule has 0 aliphatic heterocycles. The lowest BCUT2D eigenvalue weighted by Gasteiger charge is -2.11. The fourth-order valence-electron chi connectivity index (χ4n) is 2.34. The van der Waals surface area contributed by atoms with Crippen molar-refractivity contribution in [3.05, 3.63) is 86.8 Å². The van der Waals surface area contributed by atoms with Gasteiger partial charge in [0.25, 0.3) is 15.9 Å². The normalized spacial score (nSPS) is 11.1. The first-order valence-electron chi connectivity index (χ1n) is 7.89. The van der Waals surface area contributed by atoms with Gasteiger partial charge in [-0.1, -0.05) is 45.2 Å². The minimum Gasteiger partial charge on any atom is -0.321 e. The molecule has 1 amide bonds. The van der Waals surface area contributed by atoms with Crippen molar-refractivity contribution in [2.24, 2.45) is 0 Å². The number of sulfonamides is 1. The summed E-state index contributed by atoms with van der Waals surface area (Å²) < 4.78 is 28.2. The van der Waals surface area contributed by atoms with Crippen LogP contribution in [-0.4, -0.2) is 14.3 Å². The summed E-state index contributed by atoms with van der Waals surface area (Å²) in [5.41, 5.74) is 0.928. The standard InChI is InChI=1S/C19H13BrCl2N2O3S/c20-13-4-7-16(8-5-13)28(26,27)24-15-3-1-2-12(10-15)19(25)23-18-9-6-14(21)11-17(18)22/h1-11,24H,(H,23,25). The van der Waals surface area contributed by atoms with Gasteiger partial charge in [0, 0.05) is 20.7 Å². The molecule has 0 radical (unpaired) electrons. The SMILES string of the molecule is O=C(Nc1ccc(Cl)cc1Cl)c1cccc(NS(=O)(=O)c2ccc(Br)cc2)c1. The van der Waals surface area contributed by atoms with Gasteiger partial charge in [0.2, 0.25) is 0 Å². The number of halogens is 3. The summed E-state index contributed by atoms with van der Waals surface area (Å²) in [4.78, 5) is 12.6. The predicted molar refractivity (Wildman–Crippen MR) is 116 cm³/mol. The largest absolute Gasteiger partial charge is 0.321 e. The van der Waals surface area contributed by atoms with Crippen molar-refractivity contribution in [1.82, 2.24) is 0 Å². The van der Waals surface area contributed by atoms with E-state index in [1.807, 2.05) is 0 Å². The Morgan fingerprint density at radius 3 is 2.32 bits per heavy atom. The predicted octanol–water partition coefficient (Wildman–Crippen LogP) is 5.81. The molecule has 0 aliphatic rings. The monoisotopic (exact) mass is 498 g/mol. The van der Waals surface area contributed by atoms with Crippen molar-refractivity contribution < 1.29 is 13.2 Å². The fourth-order valence-corrected chi connectivity index (χ4v) is 4.11. The highest BCUT2D eigenvalue weighted by Gasteiger charge is 2.15. The number of rotatable bonds is 5. The topological polar surface area (TPSA) is 75.3 Å². The van der Waals surface area contributed by atoms with E-state index < -0.39 is 15.9 Å².